The average Bonchev–Trinajstić information content (AvgIpc) is 2.84. The number of rotatable bonds is 2. The van der Waals surface area contributed by atoms with Crippen LogP contribution in [0.1, 0.15) is 18.4 Å². The molecule has 0 unspecified atom stereocenters. The Morgan fingerprint density at radius 2 is 2.29 bits per heavy atom. The van der Waals surface area contributed by atoms with Crippen molar-refractivity contribution in [2.75, 3.05) is 5.73 Å². The molecule has 0 bridgehead atoms. The average molecular weight is 197 g/mol. The van der Waals surface area contributed by atoms with Gasteiger partial charge in [0.25, 0.3) is 0 Å². The molecule has 2 rings (SSSR count). The summed E-state index contributed by atoms with van der Waals surface area (Å²) in [6.07, 6.45) is 1.77. The molecular formula is C8H8FN3O2. The highest BCUT2D eigenvalue weighted by atomic mass is 19.1. The number of halogens is 1. The lowest BCUT2D eigenvalue weighted by Crippen LogP contribution is -2.06. The molecule has 1 heterocycles. The molecule has 0 aliphatic heterocycles. The third-order valence-corrected chi connectivity index (χ3v) is 2.23. The first kappa shape index (κ1) is 8.86. The predicted octanol–water partition coefficient (Wildman–Crippen LogP) is 1.53. The molecule has 0 aromatic carbocycles. The summed E-state index contributed by atoms with van der Waals surface area (Å²) in [5.74, 6) is -0.431. The van der Waals surface area contributed by atoms with Crippen LogP contribution in [0.4, 0.5) is 15.9 Å². The molecule has 1 aromatic rings. The first-order valence-corrected chi connectivity index (χ1v) is 4.12. The largest absolute Gasteiger partial charge is 0.396 e. The van der Waals surface area contributed by atoms with E-state index in [1.165, 1.54) is 6.07 Å². The quantitative estimate of drug-likeness (QED) is 0.575. The van der Waals surface area contributed by atoms with Crippen molar-refractivity contribution >= 4 is 11.5 Å². The Kier molecular flexibility index (Phi) is 1.67. The van der Waals surface area contributed by atoms with E-state index in [1.54, 1.807) is 0 Å². The maximum atomic E-state index is 13.6. The van der Waals surface area contributed by atoms with E-state index in [0.717, 1.165) is 6.20 Å². The molecule has 1 saturated carbocycles. The normalized spacial score (nSPS) is 17.8. The molecular weight excluding hydrogens is 189 g/mol. The van der Waals surface area contributed by atoms with E-state index >= 15 is 0 Å². The van der Waals surface area contributed by atoms with Crippen LogP contribution in [0.15, 0.2) is 12.3 Å². The van der Waals surface area contributed by atoms with Gasteiger partial charge in [0.2, 0.25) is 0 Å². The summed E-state index contributed by atoms with van der Waals surface area (Å²) in [7, 11) is 0. The SMILES string of the molecule is Nc1cnc([N+](=O)[O-])c(C2(F)CC2)c1. The molecule has 1 aliphatic rings. The van der Waals surface area contributed by atoms with Gasteiger partial charge in [-0.05, 0) is 28.8 Å². The molecule has 0 atom stereocenters. The first-order chi connectivity index (χ1) is 6.53. The summed E-state index contributed by atoms with van der Waals surface area (Å²) in [6, 6.07) is 1.29. The lowest BCUT2D eigenvalue weighted by molar-refractivity contribution is -0.390. The van der Waals surface area contributed by atoms with E-state index in [2.05, 4.69) is 4.98 Å². The summed E-state index contributed by atoms with van der Waals surface area (Å²) in [4.78, 5) is 13.4. The van der Waals surface area contributed by atoms with Crippen molar-refractivity contribution < 1.29 is 9.31 Å². The topological polar surface area (TPSA) is 82.0 Å². The second kappa shape index (κ2) is 2.63. The number of pyridine rings is 1. The molecule has 0 saturated heterocycles. The molecule has 1 aromatic heterocycles. The van der Waals surface area contributed by atoms with E-state index < -0.39 is 16.4 Å². The Hall–Kier alpha value is -1.72. The van der Waals surface area contributed by atoms with Gasteiger partial charge in [0.1, 0.15) is 5.67 Å². The van der Waals surface area contributed by atoms with Gasteiger partial charge in [-0.1, -0.05) is 0 Å². The number of hydrogen-bond donors (Lipinski definition) is 1. The zero-order chi connectivity index (χ0) is 10.3. The fourth-order valence-corrected chi connectivity index (χ4v) is 1.33. The number of nitrogen functional groups attached to an aromatic ring is 1. The Morgan fingerprint density at radius 3 is 2.79 bits per heavy atom. The minimum Gasteiger partial charge on any atom is -0.396 e. The number of hydrogen-bond acceptors (Lipinski definition) is 4. The van der Waals surface area contributed by atoms with Crippen LogP contribution in [0.3, 0.4) is 0 Å². The van der Waals surface area contributed by atoms with E-state index in [1.807, 2.05) is 0 Å². The first-order valence-electron chi connectivity index (χ1n) is 4.12. The molecule has 5 nitrogen and oxygen atoms in total. The van der Waals surface area contributed by atoms with Gasteiger partial charge in [0, 0.05) is 0 Å². The van der Waals surface area contributed by atoms with Gasteiger partial charge in [-0.15, -0.1) is 0 Å². The monoisotopic (exact) mass is 197 g/mol. The lowest BCUT2D eigenvalue weighted by atomic mass is 10.1. The van der Waals surface area contributed by atoms with Gasteiger partial charge in [-0.2, -0.15) is 0 Å². The summed E-state index contributed by atoms with van der Waals surface area (Å²) in [6.45, 7) is 0. The zero-order valence-electron chi connectivity index (χ0n) is 7.24. The molecule has 1 aliphatic carbocycles. The van der Waals surface area contributed by atoms with Crippen LogP contribution < -0.4 is 5.73 Å². The predicted molar refractivity (Wildman–Crippen MR) is 47.3 cm³/mol. The Balaban J connectivity index is 2.54. The Morgan fingerprint density at radius 1 is 1.64 bits per heavy atom. The zero-order valence-corrected chi connectivity index (χ0v) is 7.24. The molecule has 2 N–H and O–H groups in total. The minimum absolute atomic E-state index is 0.00231. The molecule has 0 spiro atoms. The minimum atomic E-state index is -1.58. The second-order valence-electron chi connectivity index (χ2n) is 3.36. The van der Waals surface area contributed by atoms with Crippen molar-refractivity contribution in [2.24, 2.45) is 0 Å². The van der Waals surface area contributed by atoms with E-state index in [4.69, 9.17) is 5.73 Å². The van der Waals surface area contributed by atoms with Crippen LogP contribution in [0.2, 0.25) is 0 Å². The van der Waals surface area contributed by atoms with Gasteiger partial charge in [-0.25, -0.2) is 4.39 Å². The second-order valence-corrected chi connectivity index (χ2v) is 3.36. The highest BCUT2D eigenvalue weighted by Crippen LogP contribution is 2.52. The highest BCUT2D eigenvalue weighted by molar-refractivity contribution is 5.49. The number of aromatic nitrogens is 1. The van der Waals surface area contributed by atoms with Crippen LogP contribution in [-0.4, -0.2) is 9.91 Å². The summed E-state index contributed by atoms with van der Waals surface area (Å²) in [5.41, 5.74) is 4.07. The fraction of sp³-hybridized carbons (Fsp3) is 0.375. The number of nitrogens with zero attached hydrogens (tertiary/aromatic N) is 2. The molecule has 0 radical (unpaired) electrons. The number of anilines is 1. The summed E-state index contributed by atoms with van der Waals surface area (Å²) < 4.78 is 13.6. The standard InChI is InChI=1S/C8H8FN3O2/c9-8(1-2-8)6-3-5(10)4-11-7(6)12(13)14/h3-4H,1-2,10H2. The van der Waals surface area contributed by atoms with Crippen molar-refractivity contribution in [3.05, 3.63) is 27.9 Å². The summed E-state index contributed by atoms with van der Waals surface area (Å²) >= 11 is 0. The molecule has 74 valence electrons. The van der Waals surface area contributed by atoms with Crippen molar-refractivity contribution in [2.45, 2.75) is 18.5 Å². The third kappa shape index (κ3) is 1.28. The van der Waals surface area contributed by atoms with Gasteiger partial charge in [0.05, 0.1) is 11.3 Å². The maximum Gasteiger partial charge on any atom is 0.370 e. The van der Waals surface area contributed by atoms with E-state index in [0.29, 0.717) is 12.8 Å². The van der Waals surface area contributed by atoms with Crippen LogP contribution in [0.25, 0.3) is 0 Å². The maximum absolute atomic E-state index is 13.6. The lowest BCUT2D eigenvalue weighted by Gasteiger charge is -2.05. The van der Waals surface area contributed by atoms with Crippen LogP contribution in [-0.2, 0) is 5.67 Å². The number of nitrogens with two attached hydrogens (primary N) is 1. The van der Waals surface area contributed by atoms with Crippen LogP contribution in [0, 0.1) is 10.1 Å². The highest BCUT2D eigenvalue weighted by Gasteiger charge is 2.49. The molecule has 6 heteroatoms. The fourth-order valence-electron chi connectivity index (χ4n) is 1.33. The van der Waals surface area contributed by atoms with Crippen molar-refractivity contribution in [3.63, 3.8) is 0 Å². The van der Waals surface area contributed by atoms with Gasteiger partial charge in [-0.3, -0.25) is 0 Å². The van der Waals surface area contributed by atoms with Gasteiger partial charge < -0.3 is 15.8 Å². The smallest absolute Gasteiger partial charge is 0.370 e. The molecule has 14 heavy (non-hydrogen) atoms. The van der Waals surface area contributed by atoms with E-state index in [-0.39, 0.29) is 11.3 Å². The molecule has 1 fully saturated rings. The van der Waals surface area contributed by atoms with E-state index in [9.17, 15) is 14.5 Å². The van der Waals surface area contributed by atoms with Crippen LogP contribution in [0.5, 0.6) is 0 Å². The van der Waals surface area contributed by atoms with Gasteiger partial charge >= 0.3 is 5.82 Å². The number of alkyl halides is 1. The Labute approximate surface area is 78.9 Å². The van der Waals surface area contributed by atoms with Crippen molar-refractivity contribution in [1.82, 2.24) is 4.98 Å². The summed E-state index contributed by atoms with van der Waals surface area (Å²) in [5, 5.41) is 10.5. The Bertz CT molecular complexity index is 404. The number of nitro groups is 1. The van der Waals surface area contributed by atoms with Crippen LogP contribution >= 0.6 is 0 Å². The molecule has 0 amide bonds. The third-order valence-electron chi connectivity index (χ3n) is 2.23. The van der Waals surface area contributed by atoms with Crippen molar-refractivity contribution in [3.8, 4) is 0 Å². The van der Waals surface area contributed by atoms with Crippen molar-refractivity contribution in [1.29, 1.82) is 0 Å². The van der Waals surface area contributed by atoms with Gasteiger partial charge in [0.15, 0.2) is 6.20 Å².